The second-order valence-corrected chi connectivity index (χ2v) is 5.39. The Hall–Kier alpha value is -2.11. The van der Waals surface area contributed by atoms with Crippen molar-refractivity contribution in [3.8, 4) is 5.75 Å². The zero-order chi connectivity index (χ0) is 16.1. The summed E-state index contributed by atoms with van der Waals surface area (Å²) in [7, 11) is 1.34. The number of carbonyl (C=O) groups is 2. The van der Waals surface area contributed by atoms with Gasteiger partial charge in [-0.3, -0.25) is 4.79 Å². The van der Waals surface area contributed by atoms with E-state index in [4.69, 9.17) is 9.47 Å². The number of nitrogens with one attached hydrogen (secondary N) is 1. The molecule has 2 rings (SSSR count). The lowest BCUT2D eigenvalue weighted by Gasteiger charge is -2.17. The minimum absolute atomic E-state index is 0.0406. The molecule has 0 saturated heterocycles. The largest absolute Gasteiger partial charge is 0.494 e. The van der Waals surface area contributed by atoms with Crippen LogP contribution >= 0.6 is 0 Å². The monoisotopic (exact) mass is 309 g/mol. The maximum absolute atomic E-state index is 13.6. The Bertz CT molecular complexity index is 555. The van der Waals surface area contributed by atoms with E-state index in [1.54, 1.807) is 0 Å². The minimum Gasteiger partial charge on any atom is -0.494 e. The molecule has 22 heavy (non-hydrogen) atoms. The summed E-state index contributed by atoms with van der Waals surface area (Å²) in [5.41, 5.74) is 0.0406. The standard InChI is InChI=1S/C16H20FNO4/c1-10(15(19)18-12-5-3-4-6-12)22-16(20)11-7-8-14(21-2)13(17)9-11/h7-10,12H,3-6H2,1-2H3,(H,18,19)/t10-/m1/s1. The van der Waals surface area contributed by atoms with Crippen molar-refractivity contribution in [3.05, 3.63) is 29.6 Å². The fourth-order valence-electron chi connectivity index (χ4n) is 2.46. The summed E-state index contributed by atoms with van der Waals surface area (Å²) in [6.45, 7) is 1.50. The lowest BCUT2D eigenvalue weighted by molar-refractivity contribution is -0.129. The third-order valence-corrected chi connectivity index (χ3v) is 3.74. The number of carbonyl (C=O) groups excluding carboxylic acids is 2. The van der Waals surface area contributed by atoms with E-state index in [0.29, 0.717) is 0 Å². The summed E-state index contributed by atoms with van der Waals surface area (Å²) >= 11 is 0. The smallest absolute Gasteiger partial charge is 0.339 e. The topological polar surface area (TPSA) is 64.6 Å². The first-order valence-electron chi connectivity index (χ1n) is 7.36. The van der Waals surface area contributed by atoms with Gasteiger partial charge in [-0.2, -0.15) is 0 Å². The van der Waals surface area contributed by atoms with Gasteiger partial charge in [-0.15, -0.1) is 0 Å². The van der Waals surface area contributed by atoms with Crippen LogP contribution in [-0.2, 0) is 9.53 Å². The van der Waals surface area contributed by atoms with Gasteiger partial charge in [-0.1, -0.05) is 12.8 Å². The number of ether oxygens (including phenoxy) is 2. The maximum atomic E-state index is 13.6. The van der Waals surface area contributed by atoms with Crippen LogP contribution in [0.25, 0.3) is 0 Å². The van der Waals surface area contributed by atoms with E-state index in [2.05, 4.69) is 5.32 Å². The second-order valence-electron chi connectivity index (χ2n) is 5.39. The highest BCUT2D eigenvalue weighted by atomic mass is 19.1. The highest BCUT2D eigenvalue weighted by Gasteiger charge is 2.23. The average Bonchev–Trinajstić information content (AvgIpc) is 2.99. The average molecular weight is 309 g/mol. The van der Waals surface area contributed by atoms with Crippen LogP contribution < -0.4 is 10.1 Å². The van der Waals surface area contributed by atoms with Crippen LogP contribution in [0.5, 0.6) is 5.75 Å². The van der Waals surface area contributed by atoms with Crippen molar-refractivity contribution in [1.82, 2.24) is 5.32 Å². The molecule has 0 spiro atoms. The summed E-state index contributed by atoms with van der Waals surface area (Å²) in [6.07, 6.45) is 3.19. The normalized spacial score (nSPS) is 16.1. The van der Waals surface area contributed by atoms with Crippen molar-refractivity contribution in [2.45, 2.75) is 44.8 Å². The van der Waals surface area contributed by atoms with Gasteiger partial charge in [0.15, 0.2) is 17.7 Å². The molecule has 1 aromatic rings. The lowest BCUT2D eigenvalue weighted by atomic mass is 10.2. The van der Waals surface area contributed by atoms with Gasteiger partial charge >= 0.3 is 5.97 Å². The molecule has 1 amide bonds. The van der Waals surface area contributed by atoms with Crippen molar-refractivity contribution >= 4 is 11.9 Å². The number of hydrogen-bond acceptors (Lipinski definition) is 4. The van der Waals surface area contributed by atoms with Gasteiger partial charge in [0.2, 0.25) is 0 Å². The van der Waals surface area contributed by atoms with Gasteiger partial charge in [0.25, 0.3) is 5.91 Å². The predicted molar refractivity (Wildman–Crippen MR) is 78.2 cm³/mol. The molecule has 1 aliphatic carbocycles. The SMILES string of the molecule is COc1ccc(C(=O)O[C@H](C)C(=O)NC2CCCC2)cc1F. The molecule has 0 aromatic heterocycles. The van der Waals surface area contributed by atoms with E-state index in [9.17, 15) is 14.0 Å². The number of methoxy groups -OCH3 is 1. The molecule has 6 heteroatoms. The molecule has 5 nitrogen and oxygen atoms in total. The molecule has 0 aliphatic heterocycles. The van der Waals surface area contributed by atoms with Crippen LogP contribution in [0.3, 0.4) is 0 Å². The molecule has 120 valence electrons. The molecule has 0 bridgehead atoms. The first-order chi connectivity index (χ1) is 10.5. The van der Waals surface area contributed by atoms with Gasteiger partial charge < -0.3 is 14.8 Å². The molecule has 0 unspecified atom stereocenters. The van der Waals surface area contributed by atoms with Crippen LogP contribution in [0.2, 0.25) is 0 Å². The van der Waals surface area contributed by atoms with Crippen LogP contribution in [-0.4, -0.2) is 31.1 Å². The van der Waals surface area contributed by atoms with Gasteiger partial charge in [0.1, 0.15) is 0 Å². The van der Waals surface area contributed by atoms with E-state index < -0.39 is 17.9 Å². The zero-order valence-electron chi connectivity index (χ0n) is 12.7. The minimum atomic E-state index is -0.918. The van der Waals surface area contributed by atoms with Crippen molar-refractivity contribution in [2.24, 2.45) is 0 Å². The summed E-state index contributed by atoms with van der Waals surface area (Å²) in [6, 6.07) is 3.93. The molecule has 1 aromatic carbocycles. The second kappa shape index (κ2) is 7.24. The Morgan fingerprint density at radius 1 is 1.32 bits per heavy atom. The summed E-state index contributed by atoms with van der Waals surface area (Å²) < 4.78 is 23.4. The van der Waals surface area contributed by atoms with Gasteiger partial charge in [-0.05, 0) is 38.0 Å². The molecule has 1 aliphatic rings. The summed E-state index contributed by atoms with van der Waals surface area (Å²) in [5, 5.41) is 2.85. The molecule has 1 N–H and O–H groups in total. The van der Waals surface area contributed by atoms with Crippen molar-refractivity contribution in [1.29, 1.82) is 0 Å². The number of halogens is 1. The fourth-order valence-corrected chi connectivity index (χ4v) is 2.46. The Kier molecular flexibility index (Phi) is 5.35. The van der Waals surface area contributed by atoms with Crippen LogP contribution in [0.1, 0.15) is 43.0 Å². The molecular formula is C16H20FNO4. The number of amides is 1. The molecule has 0 radical (unpaired) electrons. The number of benzene rings is 1. The first-order valence-corrected chi connectivity index (χ1v) is 7.36. The fraction of sp³-hybridized carbons (Fsp3) is 0.500. The summed E-state index contributed by atoms with van der Waals surface area (Å²) in [5.74, 6) is -1.67. The van der Waals surface area contributed by atoms with Gasteiger partial charge in [-0.25, -0.2) is 9.18 Å². The molecule has 1 saturated carbocycles. The number of esters is 1. The Labute approximate surface area is 128 Å². The predicted octanol–water partition coefficient (Wildman–Crippen LogP) is 2.44. The van der Waals surface area contributed by atoms with E-state index in [1.165, 1.54) is 26.2 Å². The molecular weight excluding hydrogens is 289 g/mol. The van der Waals surface area contributed by atoms with Gasteiger partial charge in [0.05, 0.1) is 12.7 Å². The zero-order valence-corrected chi connectivity index (χ0v) is 12.7. The highest BCUT2D eigenvalue weighted by molar-refractivity contribution is 5.92. The lowest BCUT2D eigenvalue weighted by Crippen LogP contribution is -2.40. The third-order valence-electron chi connectivity index (χ3n) is 3.74. The Morgan fingerprint density at radius 3 is 2.59 bits per heavy atom. The molecule has 1 atom stereocenters. The van der Waals surface area contributed by atoms with Gasteiger partial charge in [0, 0.05) is 6.04 Å². The highest BCUT2D eigenvalue weighted by Crippen LogP contribution is 2.19. The van der Waals surface area contributed by atoms with Crippen molar-refractivity contribution < 1.29 is 23.5 Å². The van der Waals surface area contributed by atoms with E-state index in [0.717, 1.165) is 31.7 Å². The van der Waals surface area contributed by atoms with Crippen molar-refractivity contribution in [2.75, 3.05) is 7.11 Å². The van der Waals surface area contributed by atoms with E-state index >= 15 is 0 Å². The number of hydrogen-bond donors (Lipinski definition) is 1. The number of rotatable bonds is 5. The van der Waals surface area contributed by atoms with Crippen molar-refractivity contribution in [3.63, 3.8) is 0 Å². The van der Waals surface area contributed by atoms with E-state index in [1.807, 2.05) is 0 Å². The van der Waals surface area contributed by atoms with Crippen LogP contribution in [0.15, 0.2) is 18.2 Å². The van der Waals surface area contributed by atoms with E-state index in [-0.39, 0.29) is 23.3 Å². The Balaban J connectivity index is 1.92. The molecule has 0 heterocycles. The first kappa shape index (κ1) is 16.3. The molecule has 1 fully saturated rings. The van der Waals surface area contributed by atoms with Crippen LogP contribution in [0, 0.1) is 5.82 Å². The Morgan fingerprint density at radius 2 is 2.00 bits per heavy atom. The van der Waals surface area contributed by atoms with Crippen LogP contribution in [0.4, 0.5) is 4.39 Å². The quantitative estimate of drug-likeness (QED) is 0.849. The summed E-state index contributed by atoms with van der Waals surface area (Å²) in [4.78, 5) is 23.9. The third kappa shape index (κ3) is 3.96. The maximum Gasteiger partial charge on any atom is 0.339 e.